The highest BCUT2D eigenvalue weighted by atomic mass is 35.5. The fourth-order valence-corrected chi connectivity index (χ4v) is 5.28. The predicted octanol–water partition coefficient (Wildman–Crippen LogP) is 5.91. The summed E-state index contributed by atoms with van der Waals surface area (Å²) >= 11 is 11.4. The summed E-state index contributed by atoms with van der Waals surface area (Å²) < 4.78 is 53.0. The number of carbonyl (C=O) groups is 2. The van der Waals surface area contributed by atoms with Crippen molar-refractivity contribution in [3.05, 3.63) is 118 Å². The van der Waals surface area contributed by atoms with E-state index in [1.165, 1.54) is 97.1 Å². The van der Waals surface area contributed by atoms with Crippen molar-refractivity contribution in [2.75, 3.05) is 9.44 Å². The monoisotopic (exact) mass is 590 g/mol. The molecular formula is C26H20Cl2N2O6S2. The Bertz CT molecular complexity index is 1480. The number of hydrogen-bond acceptors (Lipinski definition) is 6. The third kappa shape index (κ3) is 8.15. The van der Waals surface area contributed by atoms with Gasteiger partial charge in [0.25, 0.3) is 20.0 Å². The number of rotatable bonds is 8. The molecular weight excluding hydrogens is 571 g/mol. The Labute approximate surface area is 230 Å². The second-order valence-electron chi connectivity index (χ2n) is 7.60. The Kier molecular flexibility index (Phi) is 9.65. The molecule has 8 nitrogen and oxygen atoms in total. The van der Waals surface area contributed by atoms with E-state index in [1.54, 1.807) is 0 Å². The van der Waals surface area contributed by atoms with Gasteiger partial charge in [0.05, 0.1) is 9.79 Å². The van der Waals surface area contributed by atoms with Crippen LogP contribution in [0.15, 0.2) is 107 Å². The highest BCUT2D eigenvalue weighted by Crippen LogP contribution is 2.19. The number of hydrogen-bond donors (Lipinski definition) is 2. The van der Waals surface area contributed by atoms with Crippen LogP contribution in [0.1, 0.15) is 20.7 Å². The number of benzene rings is 4. The first-order chi connectivity index (χ1) is 18.0. The second-order valence-corrected chi connectivity index (χ2v) is 11.8. The molecule has 38 heavy (non-hydrogen) atoms. The van der Waals surface area contributed by atoms with Gasteiger partial charge >= 0.3 is 0 Å². The van der Waals surface area contributed by atoms with Gasteiger partial charge in [-0.15, -0.1) is 0 Å². The van der Waals surface area contributed by atoms with Crippen LogP contribution in [0.5, 0.6) is 0 Å². The zero-order chi connectivity index (χ0) is 27.8. The number of anilines is 2. The Morgan fingerprint density at radius 1 is 0.474 bits per heavy atom. The van der Waals surface area contributed by atoms with Gasteiger partial charge in [-0.3, -0.25) is 19.0 Å². The van der Waals surface area contributed by atoms with Crippen LogP contribution in [0.25, 0.3) is 0 Å². The SMILES string of the molecule is O=Cc1ccc(NS(=O)(=O)c2ccc(Cl)cc2)cc1.O=Cc1ccc(NS(=O)(=O)c2ccc(Cl)cc2)cc1. The lowest BCUT2D eigenvalue weighted by atomic mass is 10.2. The maximum absolute atomic E-state index is 12.0. The van der Waals surface area contributed by atoms with Crippen molar-refractivity contribution < 1.29 is 26.4 Å². The first-order valence-electron chi connectivity index (χ1n) is 10.7. The lowest BCUT2D eigenvalue weighted by Crippen LogP contribution is -2.12. The Morgan fingerprint density at radius 3 is 1.03 bits per heavy atom. The molecule has 2 N–H and O–H groups in total. The van der Waals surface area contributed by atoms with Gasteiger partial charge in [0.2, 0.25) is 0 Å². The maximum atomic E-state index is 12.0. The predicted molar refractivity (Wildman–Crippen MR) is 148 cm³/mol. The average Bonchev–Trinajstić information content (AvgIpc) is 2.90. The van der Waals surface area contributed by atoms with Gasteiger partial charge in [-0.25, -0.2) is 16.8 Å². The van der Waals surface area contributed by atoms with E-state index in [9.17, 15) is 26.4 Å². The molecule has 4 aromatic carbocycles. The fourth-order valence-electron chi connectivity index (χ4n) is 2.92. The lowest BCUT2D eigenvalue weighted by molar-refractivity contribution is 0.111. The van der Waals surface area contributed by atoms with Gasteiger partial charge in [-0.1, -0.05) is 23.2 Å². The minimum atomic E-state index is -3.65. The van der Waals surface area contributed by atoms with Crippen molar-refractivity contribution in [2.24, 2.45) is 0 Å². The van der Waals surface area contributed by atoms with Crippen molar-refractivity contribution in [1.82, 2.24) is 0 Å². The van der Waals surface area contributed by atoms with E-state index in [1.807, 2.05) is 0 Å². The first-order valence-corrected chi connectivity index (χ1v) is 14.4. The first kappa shape index (κ1) is 28.9. The molecule has 0 aromatic heterocycles. The number of aldehydes is 2. The molecule has 0 bridgehead atoms. The third-order valence-corrected chi connectivity index (χ3v) is 8.14. The standard InChI is InChI=1S/2C13H10ClNO3S/c2*14-11-3-7-13(8-4-11)19(17,18)15-12-5-1-10(9-16)2-6-12/h2*1-9,15H. The van der Waals surface area contributed by atoms with Gasteiger partial charge in [-0.05, 0) is 97.1 Å². The highest BCUT2D eigenvalue weighted by molar-refractivity contribution is 7.93. The zero-order valence-electron chi connectivity index (χ0n) is 19.4. The number of nitrogens with one attached hydrogen (secondary N) is 2. The number of carbonyl (C=O) groups excluding carboxylic acids is 2. The molecule has 0 heterocycles. The summed E-state index contributed by atoms with van der Waals surface area (Å²) in [6.07, 6.45) is 1.38. The normalized spacial score (nSPS) is 11.0. The molecule has 0 unspecified atom stereocenters. The van der Waals surface area contributed by atoms with Crippen LogP contribution in [-0.4, -0.2) is 29.4 Å². The van der Waals surface area contributed by atoms with Crippen LogP contribution in [0.4, 0.5) is 11.4 Å². The van der Waals surface area contributed by atoms with Gasteiger partial charge in [0.1, 0.15) is 12.6 Å². The smallest absolute Gasteiger partial charge is 0.261 e. The molecule has 4 aromatic rings. The van der Waals surface area contributed by atoms with Crippen LogP contribution in [-0.2, 0) is 20.0 Å². The van der Waals surface area contributed by atoms with Crippen molar-refractivity contribution in [2.45, 2.75) is 9.79 Å². The summed E-state index contributed by atoms with van der Waals surface area (Å²) in [4.78, 5) is 21.3. The van der Waals surface area contributed by atoms with E-state index >= 15 is 0 Å². The third-order valence-electron chi connectivity index (χ3n) is 4.85. The average molecular weight is 591 g/mol. The van der Waals surface area contributed by atoms with Crippen molar-refractivity contribution in [3.63, 3.8) is 0 Å². The van der Waals surface area contributed by atoms with Crippen LogP contribution in [0, 0.1) is 0 Å². The van der Waals surface area contributed by atoms with E-state index in [-0.39, 0.29) is 9.79 Å². The second kappa shape index (κ2) is 12.7. The van der Waals surface area contributed by atoms with Crippen LogP contribution >= 0.6 is 23.2 Å². The molecule has 0 saturated carbocycles. The van der Waals surface area contributed by atoms with Gasteiger partial charge in [-0.2, -0.15) is 0 Å². The van der Waals surface area contributed by atoms with Crippen molar-refractivity contribution >= 4 is 67.2 Å². The van der Waals surface area contributed by atoms with Crippen molar-refractivity contribution in [3.8, 4) is 0 Å². The highest BCUT2D eigenvalue weighted by Gasteiger charge is 2.14. The summed E-state index contributed by atoms with van der Waals surface area (Å²) in [6, 6.07) is 23.9. The molecule has 12 heteroatoms. The summed E-state index contributed by atoms with van der Waals surface area (Å²) in [5.74, 6) is 0. The van der Waals surface area contributed by atoms with Crippen LogP contribution < -0.4 is 9.44 Å². The van der Waals surface area contributed by atoms with Gasteiger partial charge in [0.15, 0.2) is 0 Å². The molecule has 0 aliphatic carbocycles. The lowest BCUT2D eigenvalue weighted by Gasteiger charge is -2.08. The van der Waals surface area contributed by atoms with Crippen LogP contribution in [0.2, 0.25) is 10.0 Å². The van der Waals surface area contributed by atoms with E-state index in [2.05, 4.69) is 9.44 Å². The minimum absolute atomic E-state index is 0.122. The minimum Gasteiger partial charge on any atom is -0.298 e. The molecule has 0 aliphatic rings. The molecule has 0 spiro atoms. The largest absolute Gasteiger partial charge is 0.298 e. The summed E-state index contributed by atoms with van der Waals surface area (Å²) in [5.41, 5.74) is 1.74. The quantitative estimate of drug-likeness (QED) is 0.246. The van der Waals surface area contributed by atoms with Crippen LogP contribution in [0.3, 0.4) is 0 Å². The van der Waals surface area contributed by atoms with E-state index < -0.39 is 20.0 Å². The topological polar surface area (TPSA) is 126 Å². The summed E-state index contributed by atoms with van der Waals surface area (Å²) in [6.45, 7) is 0. The van der Waals surface area contributed by atoms with Gasteiger partial charge < -0.3 is 0 Å². The molecule has 0 atom stereocenters. The van der Waals surface area contributed by atoms with Gasteiger partial charge in [0, 0.05) is 32.5 Å². The zero-order valence-corrected chi connectivity index (χ0v) is 22.6. The Morgan fingerprint density at radius 2 is 0.763 bits per heavy atom. The van der Waals surface area contributed by atoms with E-state index in [0.717, 1.165) is 0 Å². The maximum Gasteiger partial charge on any atom is 0.261 e. The molecule has 0 aliphatic heterocycles. The number of sulfonamides is 2. The van der Waals surface area contributed by atoms with E-state index in [4.69, 9.17) is 23.2 Å². The van der Waals surface area contributed by atoms with Crippen molar-refractivity contribution in [1.29, 1.82) is 0 Å². The fraction of sp³-hybridized carbons (Fsp3) is 0. The molecule has 0 fully saturated rings. The Balaban J connectivity index is 0.000000211. The summed E-state index contributed by atoms with van der Waals surface area (Å²) in [7, 11) is -7.29. The molecule has 0 amide bonds. The molecule has 4 rings (SSSR count). The summed E-state index contributed by atoms with van der Waals surface area (Å²) in [5, 5.41) is 0.934. The number of halogens is 2. The Hall–Kier alpha value is -3.70. The molecule has 196 valence electrons. The van der Waals surface area contributed by atoms with E-state index in [0.29, 0.717) is 45.1 Å². The molecule has 0 radical (unpaired) electrons. The molecule has 0 saturated heterocycles.